The lowest BCUT2D eigenvalue weighted by atomic mass is 10.1. The van der Waals surface area contributed by atoms with Gasteiger partial charge >= 0.3 is 0 Å². The molecule has 88 valence electrons. The summed E-state index contributed by atoms with van der Waals surface area (Å²) < 4.78 is 0.929. The number of halogens is 1. The van der Waals surface area contributed by atoms with Gasteiger partial charge in [0, 0.05) is 26.2 Å². The predicted octanol–water partition coefficient (Wildman–Crippen LogP) is 2.20. The number of nitrogens with zero attached hydrogens (tertiary/aromatic N) is 2. The van der Waals surface area contributed by atoms with Crippen LogP contribution in [0.3, 0.4) is 0 Å². The van der Waals surface area contributed by atoms with Crippen LogP contribution >= 0.6 is 15.9 Å². The minimum atomic E-state index is 0.458. The molecule has 0 radical (unpaired) electrons. The molecular weight excluding hydrogens is 266 g/mol. The van der Waals surface area contributed by atoms with E-state index in [9.17, 15) is 0 Å². The minimum Gasteiger partial charge on any atom is -0.314 e. The summed E-state index contributed by atoms with van der Waals surface area (Å²) in [7, 11) is 0. The smallest absolute Gasteiger partial charge is 0.106 e. The van der Waals surface area contributed by atoms with Crippen molar-refractivity contribution in [3.8, 4) is 0 Å². The van der Waals surface area contributed by atoms with Crippen molar-refractivity contribution in [3.05, 3.63) is 28.5 Å². The molecular formula is C12H18BrN3. The Morgan fingerprint density at radius 3 is 2.81 bits per heavy atom. The maximum Gasteiger partial charge on any atom is 0.106 e. The van der Waals surface area contributed by atoms with Crippen LogP contribution in [0.25, 0.3) is 0 Å². The SMILES string of the molecule is CC[C@H](c1cccc(Br)n1)N1CCNCC1. The fourth-order valence-corrected chi connectivity index (χ4v) is 2.62. The molecule has 1 aliphatic heterocycles. The Balaban J connectivity index is 2.14. The Labute approximate surface area is 105 Å². The predicted molar refractivity (Wildman–Crippen MR) is 69.4 cm³/mol. The van der Waals surface area contributed by atoms with Crippen molar-refractivity contribution in [1.29, 1.82) is 0 Å². The van der Waals surface area contributed by atoms with Gasteiger partial charge in [-0.15, -0.1) is 0 Å². The van der Waals surface area contributed by atoms with E-state index in [-0.39, 0.29) is 0 Å². The fourth-order valence-electron chi connectivity index (χ4n) is 2.26. The molecule has 1 N–H and O–H groups in total. The van der Waals surface area contributed by atoms with Gasteiger partial charge in [0.15, 0.2) is 0 Å². The highest BCUT2D eigenvalue weighted by Crippen LogP contribution is 2.23. The van der Waals surface area contributed by atoms with Crippen LogP contribution in [0, 0.1) is 0 Å². The lowest BCUT2D eigenvalue weighted by Gasteiger charge is -2.34. The molecule has 0 amide bonds. The summed E-state index contributed by atoms with van der Waals surface area (Å²) in [4.78, 5) is 7.09. The lowest BCUT2D eigenvalue weighted by molar-refractivity contribution is 0.166. The third-order valence-electron chi connectivity index (χ3n) is 3.06. The Bertz CT molecular complexity index is 337. The molecule has 1 aromatic heterocycles. The molecule has 3 nitrogen and oxygen atoms in total. The van der Waals surface area contributed by atoms with E-state index in [1.165, 1.54) is 5.69 Å². The van der Waals surface area contributed by atoms with Gasteiger partial charge in [-0.3, -0.25) is 4.90 Å². The minimum absolute atomic E-state index is 0.458. The first-order chi connectivity index (χ1) is 7.81. The van der Waals surface area contributed by atoms with Crippen LogP contribution in [0.5, 0.6) is 0 Å². The molecule has 0 saturated carbocycles. The van der Waals surface area contributed by atoms with Gasteiger partial charge < -0.3 is 5.32 Å². The van der Waals surface area contributed by atoms with Crippen molar-refractivity contribution in [3.63, 3.8) is 0 Å². The second-order valence-electron chi connectivity index (χ2n) is 4.10. The quantitative estimate of drug-likeness (QED) is 0.863. The van der Waals surface area contributed by atoms with Crippen LogP contribution in [0.15, 0.2) is 22.8 Å². The molecule has 1 atom stereocenters. The van der Waals surface area contributed by atoms with Crippen LogP contribution in [0.4, 0.5) is 0 Å². The first kappa shape index (κ1) is 12.0. The maximum atomic E-state index is 4.57. The second kappa shape index (κ2) is 5.75. The van der Waals surface area contributed by atoms with Crippen LogP contribution in [-0.4, -0.2) is 36.1 Å². The number of pyridine rings is 1. The zero-order chi connectivity index (χ0) is 11.4. The van der Waals surface area contributed by atoms with Gasteiger partial charge in [0.2, 0.25) is 0 Å². The van der Waals surface area contributed by atoms with Crippen molar-refractivity contribution in [1.82, 2.24) is 15.2 Å². The van der Waals surface area contributed by atoms with Crippen LogP contribution in [-0.2, 0) is 0 Å². The number of aromatic nitrogens is 1. The summed E-state index contributed by atoms with van der Waals surface area (Å²) in [6.07, 6.45) is 1.11. The molecule has 2 rings (SSSR count). The highest BCUT2D eigenvalue weighted by molar-refractivity contribution is 9.10. The highest BCUT2D eigenvalue weighted by Gasteiger charge is 2.21. The van der Waals surface area contributed by atoms with E-state index < -0.39 is 0 Å². The summed E-state index contributed by atoms with van der Waals surface area (Å²) in [6, 6.07) is 6.63. The number of hydrogen-bond donors (Lipinski definition) is 1. The monoisotopic (exact) mass is 283 g/mol. The van der Waals surface area contributed by atoms with E-state index >= 15 is 0 Å². The molecule has 0 aromatic carbocycles. The molecule has 1 saturated heterocycles. The van der Waals surface area contributed by atoms with E-state index in [0.717, 1.165) is 37.2 Å². The molecule has 0 unspecified atom stereocenters. The maximum absolute atomic E-state index is 4.57. The first-order valence-electron chi connectivity index (χ1n) is 5.88. The van der Waals surface area contributed by atoms with Crippen molar-refractivity contribution >= 4 is 15.9 Å². The number of nitrogens with one attached hydrogen (secondary N) is 1. The van der Waals surface area contributed by atoms with Gasteiger partial charge in [-0.1, -0.05) is 13.0 Å². The highest BCUT2D eigenvalue weighted by atomic mass is 79.9. The topological polar surface area (TPSA) is 28.2 Å². The average Bonchev–Trinajstić information content (AvgIpc) is 2.31. The van der Waals surface area contributed by atoms with Crippen LogP contribution in [0.2, 0.25) is 0 Å². The molecule has 2 heterocycles. The molecule has 1 aliphatic rings. The fraction of sp³-hybridized carbons (Fsp3) is 0.583. The second-order valence-corrected chi connectivity index (χ2v) is 4.91. The summed E-state index contributed by atoms with van der Waals surface area (Å²) in [5.41, 5.74) is 1.18. The van der Waals surface area contributed by atoms with Crippen LogP contribution in [0.1, 0.15) is 25.1 Å². The molecule has 0 bridgehead atoms. The molecule has 16 heavy (non-hydrogen) atoms. The Morgan fingerprint density at radius 2 is 2.19 bits per heavy atom. The van der Waals surface area contributed by atoms with Gasteiger partial charge in [0.25, 0.3) is 0 Å². The van der Waals surface area contributed by atoms with Gasteiger partial charge in [0.1, 0.15) is 4.60 Å². The molecule has 0 spiro atoms. The molecule has 1 fully saturated rings. The summed E-state index contributed by atoms with van der Waals surface area (Å²) in [6.45, 7) is 6.64. The largest absolute Gasteiger partial charge is 0.314 e. The van der Waals surface area contributed by atoms with Crippen molar-refractivity contribution in [2.24, 2.45) is 0 Å². The summed E-state index contributed by atoms with van der Waals surface area (Å²) in [5, 5.41) is 3.39. The number of hydrogen-bond acceptors (Lipinski definition) is 3. The third-order valence-corrected chi connectivity index (χ3v) is 3.50. The van der Waals surface area contributed by atoms with E-state index in [4.69, 9.17) is 0 Å². The summed E-state index contributed by atoms with van der Waals surface area (Å²) >= 11 is 3.44. The molecule has 4 heteroatoms. The summed E-state index contributed by atoms with van der Waals surface area (Å²) in [5.74, 6) is 0. The van der Waals surface area contributed by atoms with Gasteiger partial charge in [-0.25, -0.2) is 4.98 Å². The zero-order valence-corrected chi connectivity index (χ0v) is 11.2. The standard InChI is InChI=1S/C12H18BrN3/c1-2-11(16-8-6-14-7-9-16)10-4-3-5-12(13)15-10/h3-5,11,14H,2,6-9H2,1H3/t11-/m1/s1. The van der Waals surface area contributed by atoms with Crippen molar-refractivity contribution in [2.75, 3.05) is 26.2 Å². The normalized spacial score (nSPS) is 19.6. The van der Waals surface area contributed by atoms with E-state index in [2.05, 4.69) is 50.2 Å². The van der Waals surface area contributed by atoms with Gasteiger partial charge in [0.05, 0.1) is 11.7 Å². The van der Waals surface area contributed by atoms with Gasteiger partial charge in [-0.2, -0.15) is 0 Å². The zero-order valence-electron chi connectivity index (χ0n) is 9.62. The molecule has 0 aliphatic carbocycles. The van der Waals surface area contributed by atoms with Crippen molar-refractivity contribution < 1.29 is 0 Å². The Morgan fingerprint density at radius 1 is 1.44 bits per heavy atom. The lowest BCUT2D eigenvalue weighted by Crippen LogP contribution is -2.45. The number of piperazine rings is 1. The van der Waals surface area contributed by atoms with E-state index in [0.29, 0.717) is 6.04 Å². The Kier molecular flexibility index (Phi) is 4.32. The van der Waals surface area contributed by atoms with Crippen LogP contribution < -0.4 is 5.32 Å². The Hall–Kier alpha value is -0.450. The number of rotatable bonds is 3. The van der Waals surface area contributed by atoms with Crippen molar-refractivity contribution in [2.45, 2.75) is 19.4 Å². The average molecular weight is 284 g/mol. The first-order valence-corrected chi connectivity index (χ1v) is 6.68. The third kappa shape index (κ3) is 2.81. The van der Waals surface area contributed by atoms with Gasteiger partial charge in [-0.05, 0) is 34.5 Å². The van der Waals surface area contributed by atoms with E-state index in [1.807, 2.05) is 6.07 Å². The molecule has 1 aromatic rings. The van der Waals surface area contributed by atoms with E-state index in [1.54, 1.807) is 0 Å².